The summed E-state index contributed by atoms with van der Waals surface area (Å²) in [5, 5.41) is 5.47. The highest BCUT2D eigenvalue weighted by atomic mass is 32.1. The van der Waals surface area contributed by atoms with E-state index in [9.17, 15) is 4.79 Å². The molecule has 4 rings (SSSR count). The summed E-state index contributed by atoms with van der Waals surface area (Å²) in [6, 6.07) is 24.9. The third kappa shape index (κ3) is 5.62. The van der Waals surface area contributed by atoms with Crippen LogP contribution < -0.4 is 14.8 Å². The first-order valence-corrected chi connectivity index (χ1v) is 11.0. The molecule has 1 heterocycles. The molecule has 0 radical (unpaired) electrons. The standard InChI is InChI=1S/C26H22N2O3S/c1-2-15-30-21-13-11-20(12-14-21)26-28-24(18-32-26)25(29)27-17-19-7-6-10-23(16-19)31-22-8-4-3-5-9-22/h2-14,16,18H,1,15,17H2,(H,27,29). The van der Waals surface area contributed by atoms with Crippen LogP contribution in [0.15, 0.2) is 96.9 Å². The van der Waals surface area contributed by atoms with Gasteiger partial charge in [0.2, 0.25) is 0 Å². The minimum absolute atomic E-state index is 0.215. The van der Waals surface area contributed by atoms with Gasteiger partial charge >= 0.3 is 0 Å². The lowest BCUT2D eigenvalue weighted by Gasteiger charge is -2.08. The predicted molar refractivity (Wildman–Crippen MR) is 127 cm³/mol. The Hall–Kier alpha value is -3.90. The van der Waals surface area contributed by atoms with Gasteiger partial charge < -0.3 is 14.8 Å². The molecule has 0 spiro atoms. The predicted octanol–water partition coefficient (Wildman–Crippen LogP) is 6.10. The van der Waals surface area contributed by atoms with Crippen molar-refractivity contribution in [1.82, 2.24) is 10.3 Å². The lowest BCUT2D eigenvalue weighted by molar-refractivity contribution is 0.0946. The summed E-state index contributed by atoms with van der Waals surface area (Å²) < 4.78 is 11.4. The molecule has 160 valence electrons. The fourth-order valence-corrected chi connectivity index (χ4v) is 3.78. The summed E-state index contributed by atoms with van der Waals surface area (Å²) in [5.74, 6) is 2.04. The molecule has 1 amide bonds. The van der Waals surface area contributed by atoms with Crippen molar-refractivity contribution in [1.29, 1.82) is 0 Å². The van der Waals surface area contributed by atoms with Gasteiger partial charge in [-0.2, -0.15) is 0 Å². The third-order valence-corrected chi connectivity index (χ3v) is 5.43. The minimum atomic E-state index is -0.215. The van der Waals surface area contributed by atoms with Crippen LogP contribution in [0, 0.1) is 0 Å². The van der Waals surface area contributed by atoms with Gasteiger partial charge in [-0.1, -0.05) is 43.0 Å². The second-order valence-electron chi connectivity index (χ2n) is 6.91. The van der Waals surface area contributed by atoms with Crippen molar-refractivity contribution >= 4 is 17.2 Å². The molecular weight excluding hydrogens is 420 g/mol. The number of carbonyl (C=O) groups is 1. The summed E-state index contributed by atoms with van der Waals surface area (Å²) >= 11 is 1.43. The van der Waals surface area contributed by atoms with Gasteiger partial charge in [-0.25, -0.2) is 4.98 Å². The first kappa shape index (κ1) is 21.3. The average Bonchev–Trinajstić information content (AvgIpc) is 3.33. The molecule has 0 bridgehead atoms. The van der Waals surface area contributed by atoms with Crippen LogP contribution in [-0.2, 0) is 6.54 Å². The summed E-state index contributed by atoms with van der Waals surface area (Å²) in [5.41, 5.74) is 2.27. The van der Waals surface area contributed by atoms with Gasteiger partial charge in [0.05, 0.1) is 0 Å². The molecule has 0 unspecified atom stereocenters. The van der Waals surface area contributed by atoms with E-state index in [0.717, 1.165) is 33.4 Å². The highest BCUT2D eigenvalue weighted by Crippen LogP contribution is 2.26. The van der Waals surface area contributed by atoms with E-state index >= 15 is 0 Å². The van der Waals surface area contributed by atoms with Crippen LogP contribution in [0.2, 0.25) is 0 Å². The molecule has 0 aliphatic carbocycles. The number of benzene rings is 3. The molecule has 0 fully saturated rings. The molecule has 1 aromatic heterocycles. The van der Waals surface area contributed by atoms with Crippen molar-refractivity contribution in [2.45, 2.75) is 6.54 Å². The van der Waals surface area contributed by atoms with E-state index < -0.39 is 0 Å². The Morgan fingerprint density at radius 3 is 2.53 bits per heavy atom. The minimum Gasteiger partial charge on any atom is -0.490 e. The lowest BCUT2D eigenvalue weighted by atomic mass is 10.2. The Morgan fingerprint density at radius 2 is 1.75 bits per heavy atom. The van der Waals surface area contributed by atoms with E-state index in [1.165, 1.54) is 11.3 Å². The van der Waals surface area contributed by atoms with Crippen LogP contribution >= 0.6 is 11.3 Å². The molecule has 0 saturated carbocycles. The molecule has 0 aliphatic rings. The van der Waals surface area contributed by atoms with Crippen LogP contribution in [0.3, 0.4) is 0 Å². The second-order valence-corrected chi connectivity index (χ2v) is 7.77. The molecule has 5 nitrogen and oxygen atoms in total. The Bertz CT molecular complexity index is 1190. The van der Waals surface area contributed by atoms with Crippen molar-refractivity contribution < 1.29 is 14.3 Å². The van der Waals surface area contributed by atoms with Gasteiger partial charge in [-0.15, -0.1) is 11.3 Å². The summed E-state index contributed by atoms with van der Waals surface area (Å²) in [7, 11) is 0. The number of ether oxygens (including phenoxy) is 2. The number of para-hydroxylation sites is 1. The summed E-state index contributed by atoms with van der Waals surface area (Å²) in [6.45, 7) is 4.48. The molecular formula is C26H22N2O3S. The number of aromatic nitrogens is 1. The van der Waals surface area contributed by atoms with Crippen LogP contribution in [0.5, 0.6) is 17.2 Å². The molecule has 4 aromatic rings. The number of hydrogen-bond acceptors (Lipinski definition) is 5. The SMILES string of the molecule is C=CCOc1ccc(-c2nc(C(=O)NCc3cccc(Oc4ccccc4)c3)cs2)cc1. The number of thiazole rings is 1. The van der Waals surface area contributed by atoms with Crippen molar-refractivity contribution in [2.75, 3.05) is 6.61 Å². The van der Waals surface area contributed by atoms with Gasteiger partial charge in [0, 0.05) is 17.5 Å². The molecule has 3 aromatic carbocycles. The zero-order chi connectivity index (χ0) is 22.2. The van der Waals surface area contributed by atoms with Crippen molar-refractivity contribution in [3.63, 3.8) is 0 Å². The number of carbonyl (C=O) groups excluding carboxylic acids is 1. The smallest absolute Gasteiger partial charge is 0.271 e. The number of nitrogens with zero attached hydrogens (tertiary/aromatic N) is 1. The fourth-order valence-electron chi connectivity index (χ4n) is 2.98. The van der Waals surface area contributed by atoms with Gasteiger partial charge in [-0.3, -0.25) is 4.79 Å². The van der Waals surface area contributed by atoms with Crippen LogP contribution in [-0.4, -0.2) is 17.5 Å². The Balaban J connectivity index is 1.35. The maximum Gasteiger partial charge on any atom is 0.271 e. The molecule has 6 heteroatoms. The fraction of sp³-hybridized carbons (Fsp3) is 0.0769. The highest BCUT2D eigenvalue weighted by molar-refractivity contribution is 7.13. The van der Waals surface area contributed by atoms with Gasteiger partial charge in [0.1, 0.15) is 34.6 Å². The van der Waals surface area contributed by atoms with Gasteiger partial charge in [0.15, 0.2) is 0 Å². The number of rotatable bonds is 9. The lowest BCUT2D eigenvalue weighted by Crippen LogP contribution is -2.23. The number of nitrogens with one attached hydrogen (secondary N) is 1. The van der Waals surface area contributed by atoms with Crippen molar-refractivity contribution in [2.24, 2.45) is 0 Å². The van der Waals surface area contributed by atoms with Crippen LogP contribution in [0.25, 0.3) is 10.6 Å². The summed E-state index contributed by atoms with van der Waals surface area (Å²) in [4.78, 5) is 17.1. The summed E-state index contributed by atoms with van der Waals surface area (Å²) in [6.07, 6.45) is 1.70. The van der Waals surface area contributed by atoms with Crippen molar-refractivity contribution in [3.05, 3.63) is 108 Å². The molecule has 32 heavy (non-hydrogen) atoms. The van der Waals surface area contributed by atoms with E-state index in [-0.39, 0.29) is 5.91 Å². The van der Waals surface area contributed by atoms with Crippen molar-refractivity contribution in [3.8, 4) is 27.8 Å². The van der Waals surface area contributed by atoms with E-state index in [0.29, 0.717) is 18.8 Å². The third-order valence-electron chi connectivity index (χ3n) is 4.54. The first-order chi connectivity index (χ1) is 15.7. The quantitative estimate of drug-likeness (QED) is 0.318. The molecule has 1 N–H and O–H groups in total. The van der Waals surface area contributed by atoms with Gasteiger partial charge in [0.25, 0.3) is 5.91 Å². The average molecular weight is 443 g/mol. The maximum absolute atomic E-state index is 12.6. The number of amides is 1. The maximum atomic E-state index is 12.6. The molecule has 0 saturated heterocycles. The van der Waals surface area contributed by atoms with E-state index in [4.69, 9.17) is 9.47 Å². The van der Waals surface area contributed by atoms with Crippen LogP contribution in [0.4, 0.5) is 0 Å². The Morgan fingerprint density at radius 1 is 0.969 bits per heavy atom. The Kier molecular flexibility index (Phi) is 6.94. The van der Waals surface area contributed by atoms with Gasteiger partial charge in [-0.05, 0) is 54.1 Å². The molecule has 0 aliphatic heterocycles. The molecule has 0 atom stereocenters. The second kappa shape index (κ2) is 10.4. The largest absolute Gasteiger partial charge is 0.490 e. The first-order valence-electron chi connectivity index (χ1n) is 10.1. The zero-order valence-electron chi connectivity index (χ0n) is 17.4. The van der Waals surface area contributed by atoms with E-state index in [1.54, 1.807) is 11.5 Å². The van der Waals surface area contributed by atoms with Crippen LogP contribution in [0.1, 0.15) is 16.1 Å². The topological polar surface area (TPSA) is 60.5 Å². The van der Waals surface area contributed by atoms with E-state index in [2.05, 4.69) is 16.9 Å². The zero-order valence-corrected chi connectivity index (χ0v) is 18.2. The Labute approximate surface area is 191 Å². The number of hydrogen-bond donors (Lipinski definition) is 1. The monoisotopic (exact) mass is 442 g/mol. The normalized spacial score (nSPS) is 10.4. The highest BCUT2D eigenvalue weighted by Gasteiger charge is 2.12. The van der Waals surface area contributed by atoms with E-state index in [1.807, 2.05) is 78.9 Å².